The molecule has 348 valence electrons. The predicted molar refractivity (Wildman–Crippen MR) is 240 cm³/mol. The number of hydrogen-bond acceptors (Lipinski definition) is 10. The summed E-state index contributed by atoms with van der Waals surface area (Å²) in [6.07, 6.45) is 2.53. The van der Waals surface area contributed by atoms with Gasteiger partial charge < -0.3 is 58.1 Å². The minimum Gasteiger partial charge on any atom is -0.481 e. The number of carbonyl (C=O) groups excluding carboxylic acids is 5. The van der Waals surface area contributed by atoms with Crippen LogP contribution in [0, 0.1) is 17.8 Å². The SMILES string of the molecule is CC(C)[C@@H](CC(=O)N[C@@H]1CCNC[C@H]1C(=O)N[C@H](CC(=O)N[C@@H](CCC(=O)O)CC(=O)O)Cc1ccccc1)NC(=O)C[C@H](Cc1c[nH]c2ccccc12)NC(=O)[C@@H]1CNCC[C@H]1N. The number of fused-ring (bicyclic) bond motifs is 1. The van der Waals surface area contributed by atoms with Crippen molar-refractivity contribution in [2.45, 2.75) is 114 Å². The van der Waals surface area contributed by atoms with Crippen LogP contribution >= 0.6 is 0 Å². The molecule has 2 fully saturated rings. The monoisotopic (exact) mass is 887 g/mol. The molecule has 0 unspecified atom stereocenters. The fourth-order valence-corrected chi connectivity index (χ4v) is 8.55. The van der Waals surface area contributed by atoms with Crippen LogP contribution in [-0.2, 0) is 46.4 Å². The van der Waals surface area contributed by atoms with Crippen molar-refractivity contribution in [2.75, 3.05) is 26.2 Å². The molecule has 0 bridgehead atoms. The fraction of sp³-hybridized carbons (Fsp3) is 0.543. The van der Waals surface area contributed by atoms with E-state index in [9.17, 15) is 38.7 Å². The van der Waals surface area contributed by atoms with Gasteiger partial charge in [-0.15, -0.1) is 0 Å². The molecule has 5 rings (SSSR count). The van der Waals surface area contributed by atoms with Crippen LogP contribution in [0.4, 0.5) is 0 Å². The fourth-order valence-electron chi connectivity index (χ4n) is 8.55. The van der Waals surface area contributed by atoms with Gasteiger partial charge >= 0.3 is 11.9 Å². The minimum atomic E-state index is -1.19. The molecule has 3 aromatic rings. The number of nitrogens with one attached hydrogen (secondary N) is 8. The summed E-state index contributed by atoms with van der Waals surface area (Å²) in [7, 11) is 0. The Morgan fingerprint density at radius 3 is 1.98 bits per heavy atom. The number of aliphatic carboxylic acids is 2. The second-order valence-corrected chi connectivity index (χ2v) is 17.5. The van der Waals surface area contributed by atoms with E-state index in [4.69, 9.17) is 10.8 Å². The lowest BCUT2D eigenvalue weighted by Crippen LogP contribution is -2.57. The molecule has 2 aromatic carbocycles. The van der Waals surface area contributed by atoms with Crippen molar-refractivity contribution in [1.29, 1.82) is 0 Å². The van der Waals surface area contributed by atoms with E-state index in [1.165, 1.54) is 0 Å². The van der Waals surface area contributed by atoms with Crippen molar-refractivity contribution < 1.29 is 43.8 Å². The molecule has 0 spiro atoms. The summed E-state index contributed by atoms with van der Waals surface area (Å²) in [5.74, 6) is -5.41. The number of carboxylic acid groups (broad SMARTS) is 2. The maximum atomic E-state index is 14.0. The molecule has 2 aliphatic heterocycles. The van der Waals surface area contributed by atoms with Crippen molar-refractivity contribution in [3.8, 4) is 0 Å². The number of para-hydroxylation sites is 1. The van der Waals surface area contributed by atoms with Crippen molar-refractivity contribution in [1.82, 2.24) is 42.2 Å². The average Bonchev–Trinajstić information content (AvgIpc) is 3.65. The van der Waals surface area contributed by atoms with E-state index in [1.54, 1.807) is 0 Å². The van der Waals surface area contributed by atoms with Gasteiger partial charge in [-0.05, 0) is 68.3 Å². The Bertz CT molecular complexity index is 2060. The summed E-state index contributed by atoms with van der Waals surface area (Å²) in [6.45, 7) is 5.79. The first kappa shape index (κ1) is 49.2. The topological polar surface area (TPSA) is 286 Å². The zero-order valence-electron chi connectivity index (χ0n) is 36.7. The van der Waals surface area contributed by atoms with E-state index in [0.717, 1.165) is 28.6 Å². The molecule has 8 atom stereocenters. The maximum absolute atomic E-state index is 14.0. The Kier molecular flexibility index (Phi) is 18.7. The number of hydrogen-bond donors (Lipinski definition) is 11. The van der Waals surface area contributed by atoms with E-state index < -0.39 is 66.3 Å². The molecule has 0 saturated carbocycles. The summed E-state index contributed by atoms with van der Waals surface area (Å²) in [5, 5.41) is 40.7. The minimum absolute atomic E-state index is 0.0350. The second-order valence-electron chi connectivity index (χ2n) is 17.5. The Labute approximate surface area is 373 Å². The third kappa shape index (κ3) is 15.4. The van der Waals surface area contributed by atoms with Gasteiger partial charge in [-0.1, -0.05) is 62.4 Å². The first-order chi connectivity index (χ1) is 30.6. The molecule has 18 heteroatoms. The number of rotatable bonds is 23. The van der Waals surface area contributed by atoms with E-state index in [1.807, 2.05) is 74.6 Å². The lowest BCUT2D eigenvalue weighted by Gasteiger charge is -2.34. The molecule has 2 saturated heterocycles. The molecule has 1 aromatic heterocycles. The highest BCUT2D eigenvalue weighted by Crippen LogP contribution is 2.21. The smallest absolute Gasteiger partial charge is 0.305 e. The Balaban J connectivity index is 1.21. The number of carbonyl (C=O) groups is 7. The summed E-state index contributed by atoms with van der Waals surface area (Å²) < 4.78 is 0. The third-order valence-corrected chi connectivity index (χ3v) is 12.1. The average molecular weight is 888 g/mol. The largest absolute Gasteiger partial charge is 0.481 e. The number of amides is 5. The van der Waals surface area contributed by atoms with Crippen LogP contribution in [0.1, 0.15) is 76.3 Å². The van der Waals surface area contributed by atoms with Crippen LogP contribution in [0.25, 0.3) is 10.9 Å². The third-order valence-electron chi connectivity index (χ3n) is 12.1. The molecular weight excluding hydrogens is 823 g/mol. The number of aromatic amines is 1. The molecular formula is C46H65N9O9. The lowest BCUT2D eigenvalue weighted by molar-refractivity contribution is -0.140. The first-order valence-electron chi connectivity index (χ1n) is 22.3. The van der Waals surface area contributed by atoms with Gasteiger partial charge in [0.2, 0.25) is 29.5 Å². The van der Waals surface area contributed by atoms with E-state index >= 15 is 0 Å². The standard InChI is InChI=1S/C46H65N9O9/c1-27(2)39(55-41(57)21-32(53-45(63)34-25-48-16-14-36(34)47)19-29-24-50-37-11-7-6-10-33(29)37)23-42(58)54-38-15-17-49-26-35(38)46(64)52-31(18-28-8-4-3-5-9-28)20-40(56)51-30(22-44(61)62)12-13-43(59)60/h3-11,24,27,30-32,34-36,38-39,48-50H,12-23,25-26,47H2,1-2H3,(H,51,56)(H,52,64)(H,53,63)(H,54,58)(H,55,57)(H,59,60)(H,61,62)/t30-,31-,32-,34+,35+,36+,38+,39+/m0/s1. The second kappa shape index (κ2) is 24.3. The van der Waals surface area contributed by atoms with Gasteiger partial charge in [0.25, 0.3) is 0 Å². The number of piperidine rings is 2. The highest BCUT2D eigenvalue weighted by molar-refractivity contribution is 5.86. The van der Waals surface area contributed by atoms with E-state index in [0.29, 0.717) is 32.4 Å². The van der Waals surface area contributed by atoms with Crippen LogP contribution in [0.15, 0.2) is 60.8 Å². The van der Waals surface area contributed by atoms with Gasteiger partial charge in [0, 0.05) is 92.1 Å². The van der Waals surface area contributed by atoms with Gasteiger partial charge in [-0.3, -0.25) is 33.6 Å². The highest BCUT2D eigenvalue weighted by Gasteiger charge is 2.35. The maximum Gasteiger partial charge on any atom is 0.305 e. The first-order valence-corrected chi connectivity index (χ1v) is 22.3. The summed E-state index contributed by atoms with van der Waals surface area (Å²) >= 11 is 0. The summed E-state index contributed by atoms with van der Waals surface area (Å²) in [6, 6.07) is 13.4. The Hall–Kier alpha value is -5.85. The van der Waals surface area contributed by atoms with Gasteiger partial charge in [0.1, 0.15) is 0 Å². The molecule has 0 radical (unpaired) electrons. The van der Waals surface area contributed by atoms with Crippen molar-refractivity contribution in [3.63, 3.8) is 0 Å². The van der Waals surface area contributed by atoms with Crippen LogP contribution in [0.3, 0.4) is 0 Å². The predicted octanol–water partition coefficient (Wildman–Crippen LogP) is 1.09. The Morgan fingerprint density at radius 2 is 1.31 bits per heavy atom. The lowest BCUT2D eigenvalue weighted by atomic mass is 9.91. The number of benzene rings is 2. The van der Waals surface area contributed by atoms with E-state index in [2.05, 4.69) is 42.2 Å². The van der Waals surface area contributed by atoms with Crippen LogP contribution in [-0.4, -0.2) is 119 Å². The summed E-state index contributed by atoms with van der Waals surface area (Å²) in [4.78, 5) is 94.2. The van der Waals surface area contributed by atoms with Gasteiger partial charge in [0.05, 0.1) is 18.3 Å². The zero-order valence-corrected chi connectivity index (χ0v) is 36.7. The molecule has 3 heterocycles. The van der Waals surface area contributed by atoms with Crippen molar-refractivity contribution >= 4 is 52.4 Å². The normalized spacial score (nSPS) is 20.6. The molecule has 64 heavy (non-hydrogen) atoms. The quantitative estimate of drug-likeness (QED) is 0.0639. The zero-order chi connectivity index (χ0) is 46.2. The van der Waals surface area contributed by atoms with Crippen LogP contribution in [0.2, 0.25) is 0 Å². The van der Waals surface area contributed by atoms with Crippen molar-refractivity contribution in [2.24, 2.45) is 23.5 Å². The number of aromatic nitrogens is 1. The van der Waals surface area contributed by atoms with Gasteiger partial charge in [0.15, 0.2) is 0 Å². The van der Waals surface area contributed by atoms with Crippen molar-refractivity contribution in [3.05, 3.63) is 71.9 Å². The molecule has 5 amide bonds. The molecule has 0 aliphatic carbocycles. The number of H-pyrrole nitrogens is 1. The highest BCUT2D eigenvalue weighted by atomic mass is 16.4. The summed E-state index contributed by atoms with van der Waals surface area (Å²) in [5.41, 5.74) is 9.06. The van der Waals surface area contributed by atoms with Crippen LogP contribution in [0.5, 0.6) is 0 Å². The number of nitrogens with two attached hydrogens (primary N) is 1. The molecule has 12 N–H and O–H groups in total. The van der Waals surface area contributed by atoms with Gasteiger partial charge in [-0.25, -0.2) is 0 Å². The molecule has 2 aliphatic rings. The number of carboxylic acids is 2. The van der Waals surface area contributed by atoms with Gasteiger partial charge in [-0.2, -0.15) is 0 Å². The van der Waals surface area contributed by atoms with Crippen LogP contribution < -0.4 is 43.0 Å². The van der Waals surface area contributed by atoms with E-state index in [-0.39, 0.29) is 80.7 Å². The molecule has 18 nitrogen and oxygen atoms in total. The Morgan fingerprint density at radius 1 is 0.688 bits per heavy atom.